The van der Waals surface area contributed by atoms with Gasteiger partial charge in [-0.05, 0) is 128 Å². The molecule has 0 aromatic rings. The molecule has 0 aromatic heterocycles. The molecule has 0 fully saturated rings. The highest BCUT2D eigenvalue weighted by Crippen LogP contribution is 2.16. The van der Waals surface area contributed by atoms with Crippen molar-refractivity contribution in [3.63, 3.8) is 0 Å². The van der Waals surface area contributed by atoms with Gasteiger partial charge in [-0.25, -0.2) is 0 Å². The van der Waals surface area contributed by atoms with E-state index < -0.39 is 6.10 Å². The monoisotopic (exact) mass is 1150 g/mol. The van der Waals surface area contributed by atoms with E-state index in [2.05, 4.69) is 167 Å². The Balaban J connectivity index is 4.34. The van der Waals surface area contributed by atoms with Gasteiger partial charge in [0, 0.05) is 19.3 Å². The first-order valence-corrected chi connectivity index (χ1v) is 34.3. The first kappa shape index (κ1) is 78.3. The summed E-state index contributed by atoms with van der Waals surface area (Å²) in [7, 11) is 0. The Morgan fingerprint density at radius 3 is 0.759 bits per heavy atom. The van der Waals surface area contributed by atoms with E-state index in [0.29, 0.717) is 19.3 Å². The van der Waals surface area contributed by atoms with Crippen molar-refractivity contribution in [2.75, 3.05) is 13.2 Å². The van der Waals surface area contributed by atoms with Gasteiger partial charge >= 0.3 is 17.9 Å². The molecule has 0 saturated carbocycles. The average Bonchev–Trinajstić information content (AvgIpc) is 3.49. The molecule has 0 bridgehead atoms. The first-order chi connectivity index (χ1) is 41.0. The molecule has 1 unspecified atom stereocenters. The van der Waals surface area contributed by atoms with Crippen LogP contribution in [0.3, 0.4) is 0 Å². The van der Waals surface area contributed by atoms with Crippen LogP contribution in [0.2, 0.25) is 0 Å². The Hall–Kier alpha value is -4.71. The number of carbonyl (C=O) groups excluding carboxylic acids is 3. The summed E-state index contributed by atoms with van der Waals surface area (Å²) in [5.74, 6) is -0.920. The molecular formula is C77H126O6. The van der Waals surface area contributed by atoms with E-state index in [9.17, 15) is 14.4 Å². The summed E-state index contributed by atoms with van der Waals surface area (Å²) in [4.78, 5) is 38.3. The Bertz CT molecular complexity index is 1800. The zero-order valence-corrected chi connectivity index (χ0v) is 53.9. The van der Waals surface area contributed by atoms with Crippen molar-refractivity contribution in [2.45, 2.75) is 309 Å². The summed E-state index contributed by atoms with van der Waals surface area (Å²) < 4.78 is 16.9. The summed E-state index contributed by atoms with van der Waals surface area (Å²) in [6, 6.07) is 0. The van der Waals surface area contributed by atoms with E-state index in [-0.39, 0.29) is 31.1 Å². The van der Waals surface area contributed by atoms with Crippen molar-refractivity contribution in [2.24, 2.45) is 0 Å². The topological polar surface area (TPSA) is 78.9 Å². The van der Waals surface area contributed by atoms with Gasteiger partial charge in [-0.3, -0.25) is 14.4 Å². The predicted octanol–water partition coefficient (Wildman–Crippen LogP) is 23.9. The van der Waals surface area contributed by atoms with Crippen LogP contribution in [0.4, 0.5) is 0 Å². The molecular weight excluding hydrogens is 1020 g/mol. The second-order valence-electron chi connectivity index (χ2n) is 22.4. The molecule has 83 heavy (non-hydrogen) atoms. The molecule has 0 heterocycles. The lowest BCUT2D eigenvalue weighted by Crippen LogP contribution is -2.30. The third kappa shape index (κ3) is 68.0. The third-order valence-electron chi connectivity index (χ3n) is 14.3. The highest BCUT2D eigenvalue weighted by Gasteiger charge is 2.19. The van der Waals surface area contributed by atoms with E-state index in [4.69, 9.17) is 14.2 Å². The lowest BCUT2D eigenvalue weighted by Gasteiger charge is -2.18. The largest absolute Gasteiger partial charge is 0.462 e. The molecule has 0 radical (unpaired) electrons. The summed E-state index contributed by atoms with van der Waals surface area (Å²) in [5.41, 5.74) is 0. The van der Waals surface area contributed by atoms with Crippen molar-refractivity contribution < 1.29 is 28.6 Å². The van der Waals surface area contributed by atoms with Gasteiger partial charge in [0.15, 0.2) is 6.10 Å². The average molecular weight is 1150 g/mol. The maximum Gasteiger partial charge on any atom is 0.306 e. The zero-order valence-electron chi connectivity index (χ0n) is 53.9. The van der Waals surface area contributed by atoms with Crippen molar-refractivity contribution in [1.82, 2.24) is 0 Å². The second-order valence-corrected chi connectivity index (χ2v) is 22.4. The van der Waals surface area contributed by atoms with Crippen LogP contribution < -0.4 is 0 Å². The first-order valence-electron chi connectivity index (χ1n) is 34.3. The van der Waals surface area contributed by atoms with Crippen LogP contribution >= 0.6 is 0 Å². The summed E-state index contributed by atoms with van der Waals surface area (Å²) in [6.45, 7) is 6.49. The van der Waals surface area contributed by atoms with Gasteiger partial charge in [0.05, 0.1) is 0 Å². The predicted molar refractivity (Wildman–Crippen MR) is 362 cm³/mol. The van der Waals surface area contributed by atoms with Crippen LogP contribution in [0.5, 0.6) is 0 Å². The Kier molecular flexibility index (Phi) is 65.8. The fourth-order valence-corrected chi connectivity index (χ4v) is 9.21. The minimum atomic E-state index is -0.797. The van der Waals surface area contributed by atoms with E-state index in [1.54, 1.807) is 0 Å². The SMILES string of the molecule is CC/C=C\C/C=C\C/C=C\C/C=C\C/C=C\C/C=C\C/C=C\C/C=C\C/C=C\C/C=C\CCCCCCC(=O)OCC(COC(=O)CCCCCCCCCCCCCCC)OC(=O)CCCCCCCCC/C=C\C/C=C\CCCCC. The lowest BCUT2D eigenvalue weighted by molar-refractivity contribution is -0.167. The van der Waals surface area contributed by atoms with Gasteiger partial charge in [-0.1, -0.05) is 301 Å². The second kappa shape index (κ2) is 69.8. The molecule has 0 aliphatic rings. The van der Waals surface area contributed by atoms with Gasteiger partial charge in [-0.15, -0.1) is 0 Å². The van der Waals surface area contributed by atoms with Crippen molar-refractivity contribution in [3.05, 3.63) is 146 Å². The Morgan fingerprint density at radius 1 is 0.253 bits per heavy atom. The Labute approximate surface area is 512 Å². The molecule has 0 aromatic carbocycles. The number of unbranched alkanes of at least 4 members (excludes halogenated alkanes) is 26. The van der Waals surface area contributed by atoms with Gasteiger partial charge < -0.3 is 14.2 Å². The zero-order chi connectivity index (χ0) is 59.9. The van der Waals surface area contributed by atoms with Crippen LogP contribution in [-0.2, 0) is 28.6 Å². The standard InChI is InChI=1S/C77H126O6/c1-4-7-10-13-16-19-22-25-27-29-30-31-32-33-34-35-36-37-38-39-40-41-42-43-44-45-46-48-49-52-55-58-61-64-67-70-76(79)82-73-74(72-81-75(78)69-66-63-60-57-54-51-24-21-18-15-12-9-6-3)83-77(80)71-68-65-62-59-56-53-50-47-28-26-23-20-17-14-11-8-5-2/h7,10,16-17,19-20,25-28,30-31,33-34,36-37,39-40,42-43,45-46,49,52,74H,4-6,8-9,11-15,18,21-24,29,32,35,38,41,44,47-48,50-51,53-73H2,1-3H3/b10-7-,19-16-,20-17-,27-25-,28-26-,31-30-,34-33-,37-36-,40-39-,43-42-,46-45-,52-49-. The summed E-state index contributed by atoms with van der Waals surface area (Å²) in [6.07, 6.45) is 100. The molecule has 470 valence electrons. The maximum absolute atomic E-state index is 12.9. The fourth-order valence-electron chi connectivity index (χ4n) is 9.21. The molecule has 0 N–H and O–H groups in total. The third-order valence-corrected chi connectivity index (χ3v) is 14.3. The molecule has 1 atom stereocenters. The fraction of sp³-hybridized carbons (Fsp3) is 0.649. The van der Waals surface area contributed by atoms with Crippen LogP contribution in [0.15, 0.2) is 146 Å². The van der Waals surface area contributed by atoms with E-state index in [1.807, 2.05) is 0 Å². The number of hydrogen-bond donors (Lipinski definition) is 0. The molecule has 6 nitrogen and oxygen atoms in total. The Morgan fingerprint density at radius 2 is 0.470 bits per heavy atom. The highest BCUT2D eigenvalue weighted by atomic mass is 16.6. The summed E-state index contributed by atoms with van der Waals surface area (Å²) in [5, 5.41) is 0. The molecule has 0 spiro atoms. The summed E-state index contributed by atoms with van der Waals surface area (Å²) >= 11 is 0. The normalized spacial score (nSPS) is 13.0. The van der Waals surface area contributed by atoms with Crippen LogP contribution in [0.25, 0.3) is 0 Å². The number of ether oxygens (including phenoxy) is 3. The van der Waals surface area contributed by atoms with Crippen molar-refractivity contribution >= 4 is 17.9 Å². The van der Waals surface area contributed by atoms with Crippen LogP contribution in [-0.4, -0.2) is 37.2 Å². The molecule has 0 saturated heterocycles. The minimum Gasteiger partial charge on any atom is -0.462 e. The smallest absolute Gasteiger partial charge is 0.306 e. The molecule has 6 heteroatoms. The number of esters is 3. The maximum atomic E-state index is 12.9. The molecule has 0 rings (SSSR count). The number of carbonyl (C=O) groups is 3. The number of allylic oxidation sites excluding steroid dienone is 24. The molecule has 0 aliphatic heterocycles. The molecule has 0 amide bonds. The quantitative estimate of drug-likeness (QED) is 0.0261. The van der Waals surface area contributed by atoms with Gasteiger partial charge in [0.2, 0.25) is 0 Å². The van der Waals surface area contributed by atoms with E-state index in [0.717, 1.165) is 148 Å². The molecule has 0 aliphatic carbocycles. The van der Waals surface area contributed by atoms with Gasteiger partial charge in [0.25, 0.3) is 0 Å². The lowest BCUT2D eigenvalue weighted by atomic mass is 10.0. The van der Waals surface area contributed by atoms with Gasteiger partial charge in [0.1, 0.15) is 13.2 Å². The van der Waals surface area contributed by atoms with Crippen LogP contribution in [0, 0.1) is 0 Å². The van der Waals surface area contributed by atoms with E-state index >= 15 is 0 Å². The van der Waals surface area contributed by atoms with Crippen LogP contribution in [0.1, 0.15) is 303 Å². The van der Waals surface area contributed by atoms with Crippen molar-refractivity contribution in [3.8, 4) is 0 Å². The van der Waals surface area contributed by atoms with Gasteiger partial charge in [-0.2, -0.15) is 0 Å². The van der Waals surface area contributed by atoms with E-state index in [1.165, 1.54) is 116 Å². The number of hydrogen-bond acceptors (Lipinski definition) is 6. The number of rotatable bonds is 61. The minimum absolute atomic E-state index is 0.0906. The highest BCUT2D eigenvalue weighted by molar-refractivity contribution is 5.71. The van der Waals surface area contributed by atoms with Crippen molar-refractivity contribution in [1.29, 1.82) is 0 Å².